The Labute approximate surface area is 175 Å². The van der Waals surface area contributed by atoms with Gasteiger partial charge in [0.2, 0.25) is 0 Å². The number of hydrazone groups is 1. The van der Waals surface area contributed by atoms with Crippen LogP contribution in [0.15, 0.2) is 80.9 Å². The predicted octanol–water partition coefficient (Wildman–Crippen LogP) is 3.50. The van der Waals surface area contributed by atoms with Gasteiger partial charge in [-0.3, -0.25) is 9.59 Å². The number of benzene rings is 2. The maximum atomic E-state index is 11.9. The molecule has 0 aliphatic carbocycles. The Morgan fingerprint density at radius 2 is 1.93 bits per heavy atom. The second-order valence-corrected chi connectivity index (χ2v) is 6.83. The molecule has 0 spiro atoms. The molecular formula is C21H18BrN3O4. The maximum absolute atomic E-state index is 11.9. The molecular weight excluding hydrogens is 438 g/mol. The Kier molecular flexibility index (Phi) is 7.18. The number of rotatable bonds is 8. The first-order valence-electron chi connectivity index (χ1n) is 8.72. The van der Waals surface area contributed by atoms with Crippen molar-refractivity contribution >= 4 is 34.0 Å². The number of hydrogen-bond donors (Lipinski definition) is 2. The lowest BCUT2D eigenvalue weighted by Crippen LogP contribution is -2.34. The topological polar surface area (TPSA) is 92.9 Å². The van der Waals surface area contributed by atoms with Gasteiger partial charge in [-0.25, -0.2) is 5.43 Å². The van der Waals surface area contributed by atoms with E-state index in [1.165, 1.54) is 18.5 Å². The minimum Gasteiger partial charge on any atom is -0.488 e. The van der Waals surface area contributed by atoms with Gasteiger partial charge in [-0.1, -0.05) is 46.3 Å². The van der Waals surface area contributed by atoms with Crippen LogP contribution in [0.5, 0.6) is 5.75 Å². The van der Waals surface area contributed by atoms with Crippen molar-refractivity contribution in [2.75, 3.05) is 6.54 Å². The van der Waals surface area contributed by atoms with E-state index in [0.717, 1.165) is 10.0 Å². The second kappa shape index (κ2) is 10.2. The zero-order chi connectivity index (χ0) is 20.5. The van der Waals surface area contributed by atoms with Crippen LogP contribution >= 0.6 is 15.9 Å². The lowest BCUT2D eigenvalue weighted by molar-refractivity contribution is -0.120. The Bertz CT molecular complexity index is 988. The number of amides is 2. The van der Waals surface area contributed by atoms with Gasteiger partial charge in [0, 0.05) is 10.0 Å². The number of nitrogens with one attached hydrogen (secondary N) is 2. The number of hydrogen-bond acceptors (Lipinski definition) is 5. The van der Waals surface area contributed by atoms with Crippen molar-refractivity contribution in [3.8, 4) is 5.75 Å². The molecule has 0 bridgehead atoms. The predicted molar refractivity (Wildman–Crippen MR) is 112 cm³/mol. The molecule has 3 rings (SSSR count). The fourth-order valence-corrected chi connectivity index (χ4v) is 2.73. The van der Waals surface area contributed by atoms with Gasteiger partial charge < -0.3 is 14.5 Å². The lowest BCUT2D eigenvalue weighted by Gasteiger charge is -2.09. The van der Waals surface area contributed by atoms with Gasteiger partial charge in [-0.05, 0) is 35.9 Å². The van der Waals surface area contributed by atoms with Gasteiger partial charge in [0.25, 0.3) is 11.8 Å². The molecule has 1 aromatic heterocycles. The highest BCUT2D eigenvalue weighted by Crippen LogP contribution is 2.22. The van der Waals surface area contributed by atoms with Crippen molar-refractivity contribution < 1.29 is 18.7 Å². The molecule has 29 heavy (non-hydrogen) atoms. The molecule has 2 N–H and O–H groups in total. The highest BCUT2D eigenvalue weighted by molar-refractivity contribution is 9.10. The van der Waals surface area contributed by atoms with Crippen molar-refractivity contribution in [3.63, 3.8) is 0 Å². The van der Waals surface area contributed by atoms with Crippen LogP contribution in [-0.4, -0.2) is 24.6 Å². The molecule has 0 radical (unpaired) electrons. The minimum atomic E-state index is -0.474. The minimum absolute atomic E-state index is 0.135. The van der Waals surface area contributed by atoms with Gasteiger partial charge in [0.15, 0.2) is 5.76 Å². The maximum Gasteiger partial charge on any atom is 0.287 e. The number of halogens is 1. The van der Waals surface area contributed by atoms with Gasteiger partial charge in [0.05, 0.1) is 19.0 Å². The van der Waals surface area contributed by atoms with Crippen molar-refractivity contribution in [1.29, 1.82) is 0 Å². The fourth-order valence-electron chi connectivity index (χ4n) is 2.36. The van der Waals surface area contributed by atoms with E-state index in [-0.39, 0.29) is 12.3 Å². The van der Waals surface area contributed by atoms with Crippen LogP contribution in [-0.2, 0) is 11.4 Å². The van der Waals surface area contributed by atoms with E-state index in [2.05, 4.69) is 31.8 Å². The summed E-state index contributed by atoms with van der Waals surface area (Å²) in [6.45, 7) is 0.182. The standard InChI is InChI=1S/C21H18BrN3O4/c22-17-8-9-18(29-14-15-5-2-1-3-6-15)16(11-17)12-24-25-20(26)13-23-21(27)19-7-4-10-28-19/h1-12H,13-14H2,(H,23,27)(H,25,26)/b24-12-. The smallest absolute Gasteiger partial charge is 0.287 e. The molecule has 7 nitrogen and oxygen atoms in total. The van der Waals surface area contributed by atoms with Crippen molar-refractivity contribution in [2.45, 2.75) is 6.61 Å². The molecule has 2 aromatic carbocycles. The van der Waals surface area contributed by atoms with E-state index in [9.17, 15) is 9.59 Å². The Hall–Kier alpha value is -3.39. The fraction of sp³-hybridized carbons (Fsp3) is 0.0952. The molecule has 0 aliphatic heterocycles. The average molecular weight is 456 g/mol. The molecule has 148 valence electrons. The average Bonchev–Trinajstić information content (AvgIpc) is 3.27. The van der Waals surface area contributed by atoms with Crippen LogP contribution in [0.2, 0.25) is 0 Å². The summed E-state index contributed by atoms with van der Waals surface area (Å²) in [4.78, 5) is 23.6. The molecule has 3 aromatic rings. The third-order valence-corrected chi connectivity index (χ3v) is 4.25. The number of carbonyl (C=O) groups excluding carboxylic acids is 2. The first-order valence-corrected chi connectivity index (χ1v) is 9.51. The monoisotopic (exact) mass is 455 g/mol. The molecule has 0 saturated carbocycles. The third-order valence-electron chi connectivity index (χ3n) is 3.76. The summed E-state index contributed by atoms with van der Waals surface area (Å²) in [7, 11) is 0. The summed E-state index contributed by atoms with van der Waals surface area (Å²) >= 11 is 3.41. The largest absolute Gasteiger partial charge is 0.488 e. The Morgan fingerprint density at radius 3 is 2.69 bits per heavy atom. The first-order chi connectivity index (χ1) is 14.1. The van der Waals surface area contributed by atoms with Crippen LogP contribution in [0, 0.1) is 0 Å². The van der Waals surface area contributed by atoms with E-state index in [0.29, 0.717) is 17.9 Å². The number of furan rings is 1. The van der Waals surface area contributed by atoms with Crippen molar-refractivity contribution in [3.05, 3.63) is 88.3 Å². The zero-order valence-corrected chi connectivity index (χ0v) is 16.9. The summed E-state index contributed by atoms with van der Waals surface area (Å²) in [6.07, 6.45) is 2.87. The van der Waals surface area contributed by atoms with E-state index in [1.54, 1.807) is 6.07 Å². The van der Waals surface area contributed by atoms with Gasteiger partial charge in [-0.2, -0.15) is 5.10 Å². The summed E-state index contributed by atoms with van der Waals surface area (Å²) in [5, 5.41) is 6.38. The second-order valence-electron chi connectivity index (χ2n) is 5.91. The van der Waals surface area contributed by atoms with Crippen LogP contribution < -0.4 is 15.5 Å². The van der Waals surface area contributed by atoms with Crippen LogP contribution in [0.4, 0.5) is 0 Å². The SMILES string of the molecule is O=C(CNC(=O)c1ccco1)N/N=C\c1cc(Br)ccc1OCc1ccccc1. The normalized spacial score (nSPS) is 10.7. The van der Waals surface area contributed by atoms with E-state index in [1.807, 2.05) is 48.5 Å². The van der Waals surface area contributed by atoms with Crippen LogP contribution in [0.3, 0.4) is 0 Å². The Morgan fingerprint density at radius 1 is 1.10 bits per heavy atom. The molecule has 1 heterocycles. The summed E-state index contributed by atoms with van der Waals surface area (Å²) in [5.74, 6) is -0.183. The van der Waals surface area contributed by atoms with Crippen molar-refractivity contribution in [1.82, 2.24) is 10.7 Å². The van der Waals surface area contributed by atoms with Gasteiger partial charge >= 0.3 is 0 Å². The van der Waals surface area contributed by atoms with E-state index < -0.39 is 11.8 Å². The molecule has 0 aliphatic rings. The van der Waals surface area contributed by atoms with E-state index >= 15 is 0 Å². The molecule has 0 saturated heterocycles. The molecule has 2 amide bonds. The number of nitrogens with zero attached hydrogens (tertiary/aromatic N) is 1. The van der Waals surface area contributed by atoms with Crippen molar-refractivity contribution in [2.24, 2.45) is 5.10 Å². The molecule has 0 fully saturated rings. The van der Waals surface area contributed by atoms with Gasteiger partial charge in [0.1, 0.15) is 12.4 Å². The number of carbonyl (C=O) groups is 2. The van der Waals surface area contributed by atoms with Crippen LogP contribution in [0.25, 0.3) is 0 Å². The number of ether oxygens (including phenoxy) is 1. The third kappa shape index (κ3) is 6.32. The summed E-state index contributed by atoms with van der Waals surface area (Å²) in [5.41, 5.74) is 4.10. The summed E-state index contributed by atoms with van der Waals surface area (Å²) in [6, 6.07) is 18.4. The van der Waals surface area contributed by atoms with E-state index in [4.69, 9.17) is 9.15 Å². The molecule has 0 unspecified atom stereocenters. The zero-order valence-electron chi connectivity index (χ0n) is 15.3. The Balaban J connectivity index is 1.54. The lowest BCUT2D eigenvalue weighted by atomic mass is 10.2. The molecule has 8 heteroatoms. The quantitative estimate of drug-likeness (QED) is 0.401. The highest BCUT2D eigenvalue weighted by Gasteiger charge is 2.09. The van der Waals surface area contributed by atoms with Crippen LogP contribution in [0.1, 0.15) is 21.7 Å². The van der Waals surface area contributed by atoms with Gasteiger partial charge in [-0.15, -0.1) is 0 Å². The molecule has 0 atom stereocenters. The first kappa shape index (κ1) is 20.3. The summed E-state index contributed by atoms with van der Waals surface area (Å²) < 4.78 is 11.7. The highest BCUT2D eigenvalue weighted by atomic mass is 79.9.